The summed E-state index contributed by atoms with van der Waals surface area (Å²) in [5, 5.41) is 8.19. The van der Waals surface area contributed by atoms with Gasteiger partial charge in [-0.3, -0.25) is 4.79 Å². The number of fused-ring (bicyclic) bond motifs is 1. The van der Waals surface area contributed by atoms with Gasteiger partial charge in [0.1, 0.15) is 22.4 Å². The highest BCUT2D eigenvalue weighted by Gasteiger charge is 2.20. The van der Waals surface area contributed by atoms with E-state index in [1.807, 2.05) is 0 Å². The zero-order valence-electron chi connectivity index (χ0n) is 13.0. The van der Waals surface area contributed by atoms with Crippen LogP contribution in [0.25, 0.3) is 11.2 Å². The minimum absolute atomic E-state index is 0.205. The Kier molecular flexibility index (Phi) is 4.70. The van der Waals surface area contributed by atoms with E-state index in [0.717, 1.165) is 0 Å². The van der Waals surface area contributed by atoms with E-state index in [0.29, 0.717) is 21.8 Å². The van der Waals surface area contributed by atoms with Crippen LogP contribution in [0.2, 0.25) is 0 Å². The Morgan fingerprint density at radius 1 is 1.38 bits per heavy atom. The summed E-state index contributed by atoms with van der Waals surface area (Å²) < 4.78 is 20.0. The van der Waals surface area contributed by atoms with Gasteiger partial charge >= 0.3 is 5.97 Å². The maximum Gasteiger partial charge on any atom is 0.318 e. The third kappa shape index (κ3) is 3.21. The smallest absolute Gasteiger partial charge is 0.318 e. The van der Waals surface area contributed by atoms with E-state index in [1.54, 1.807) is 25.1 Å². The van der Waals surface area contributed by atoms with Crippen molar-refractivity contribution in [2.75, 3.05) is 7.11 Å². The first-order valence-electron chi connectivity index (χ1n) is 7.12. The molecular formula is C15H14FN5O2S. The van der Waals surface area contributed by atoms with Gasteiger partial charge in [-0.15, -0.1) is 5.10 Å². The highest BCUT2D eigenvalue weighted by atomic mass is 32.2. The first kappa shape index (κ1) is 16.3. The molecule has 0 N–H and O–H groups in total. The molecular weight excluding hydrogens is 333 g/mol. The molecule has 0 unspecified atom stereocenters. The van der Waals surface area contributed by atoms with Crippen molar-refractivity contribution in [1.29, 1.82) is 0 Å². The molecule has 124 valence electrons. The van der Waals surface area contributed by atoms with E-state index < -0.39 is 5.25 Å². The van der Waals surface area contributed by atoms with Crippen LogP contribution in [0, 0.1) is 5.82 Å². The zero-order chi connectivity index (χ0) is 17.1. The minimum atomic E-state index is -0.440. The molecule has 0 aliphatic heterocycles. The summed E-state index contributed by atoms with van der Waals surface area (Å²) in [6.45, 7) is 1.92. The Labute approximate surface area is 141 Å². The molecule has 0 fully saturated rings. The maximum absolute atomic E-state index is 13.8. The molecule has 0 saturated carbocycles. The summed E-state index contributed by atoms with van der Waals surface area (Å²) in [4.78, 5) is 19.9. The lowest BCUT2D eigenvalue weighted by atomic mass is 10.2. The molecule has 1 aromatic carbocycles. The lowest BCUT2D eigenvalue weighted by Gasteiger charge is -2.08. The normalized spacial score (nSPS) is 12.3. The highest BCUT2D eigenvalue weighted by molar-refractivity contribution is 8.00. The van der Waals surface area contributed by atoms with Crippen molar-refractivity contribution in [1.82, 2.24) is 25.0 Å². The number of halogens is 1. The van der Waals surface area contributed by atoms with Gasteiger partial charge in [0.25, 0.3) is 0 Å². The second-order valence-electron chi connectivity index (χ2n) is 4.97. The largest absolute Gasteiger partial charge is 0.468 e. The molecule has 0 bridgehead atoms. The number of carbonyl (C=O) groups is 1. The van der Waals surface area contributed by atoms with Crippen LogP contribution >= 0.6 is 11.8 Å². The van der Waals surface area contributed by atoms with Crippen molar-refractivity contribution in [3.05, 3.63) is 42.0 Å². The number of nitrogens with zero attached hydrogens (tertiary/aromatic N) is 5. The minimum Gasteiger partial charge on any atom is -0.468 e. The van der Waals surface area contributed by atoms with Crippen LogP contribution in [0.1, 0.15) is 12.5 Å². The number of aromatic nitrogens is 5. The van der Waals surface area contributed by atoms with Crippen LogP contribution in [0.4, 0.5) is 4.39 Å². The Balaban J connectivity index is 1.92. The number of esters is 1. The number of ether oxygens (including phenoxy) is 1. The summed E-state index contributed by atoms with van der Waals surface area (Å²) in [5.41, 5.74) is 1.43. The van der Waals surface area contributed by atoms with Crippen LogP contribution in [0.3, 0.4) is 0 Å². The second kappa shape index (κ2) is 6.91. The highest BCUT2D eigenvalue weighted by Crippen LogP contribution is 2.27. The quantitative estimate of drug-likeness (QED) is 0.397. The number of rotatable bonds is 5. The standard InChI is InChI=1S/C15H14FN5O2S/c1-9(15(22)23-2)24-14-12-13(17-8-18-14)21(20-19-12)7-10-5-3-4-6-11(10)16/h3-6,8-9H,7H2,1-2H3/t9-/m1/s1. The van der Waals surface area contributed by atoms with Gasteiger partial charge in [-0.1, -0.05) is 35.2 Å². The number of carbonyl (C=O) groups excluding carboxylic acids is 1. The average Bonchev–Trinajstić information content (AvgIpc) is 3.00. The van der Waals surface area contributed by atoms with Crippen molar-refractivity contribution in [2.24, 2.45) is 0 Å². The molecule has 0 radical (unpaired) electrons. The Hall–Kier alpha value is -2.55. The number of thioether (sulfide) groups is 1. The lowest BCUT2D eigenvalue weighted by Crippen LogP contribution is -2.14. The predicted molar refractivity (Wildman–Crippen MR) is 86.0 cm³/mol. The fourth-order valence-corrected chi connectivity index (χ4v) is 3.01. The molecule has 1 atom stereocenters. The number of hydrogen-bond acceptors (Lipinski definition) is 7. The fraction of sp³-hybridized carbons (Fsp3) is 0.267. The molecule has 0 aliphatic carbocycles. The van der Waals surface area contributed by atoms with E-state index in [4.69, 9.17) is 4.74 Å². The third-order valence-corrected chi connectivity index (χ3v) is 4.43. The summed E-state index contributed by atoms with van der Waals surface area (Å²) >= 11 is 1.21. The first-order valence-corrected chi connectivity index (χ1v) is 8.00. The summed E-state index contributed by atoms with van der Waals surface area (Å²) in [5.74, 6) is -0.672. The van der Waals surface area contributed by atoms with Gasteiger partial charge in [0, 0.05) is 5.56 Å². The van der Waals surface area contributed by atoms with Gasteiger partial charge in [0.15, 0.2) is 11.2 Å². The molecule has 3 rings (SSSR count). The van der Waals surface area contributed by atoms with Crippen molar-refractivity contribution >= 4 is 28.9 Å². The van der Waals surface area contributed by atoms with E-state index >= 15 is 0 Å². The molecule has 2 heterocycles. The molecule has 2 aromatic heterocycles. The Morgan fingerprint density at radius 3 is 2.92 bits per heavy atom. The van der Waals surface area contributed by atoms with Crippen molar-refractivity contribution < 1.29 is 13.9 Å². The number of methoxy groups -OCH3 is 1. The van der Waals surface area contributed by atoms with Gasteiger partial charge in [-0.25, -0.2) is 19.0 Å². The van der Waals surface area contributed by atoms with Crippen LogP contribution in [-0.2, 0) is 16.1 Å². The van der Waals surface area contributed by atoms with Crippen LogP contribution in [0.15, 0.2) is 35.6 Å². The molecule has 0 spiro atoms. The van der Waals surface area contributed by atoms with E-state index in [9.17, 15) is 9.18 Å². The molecule has 3 aromatic rings. The van der Waals surface area contributed by atoms with Crippen LogP contribution < -0.4 is 0 Å². The molecule has 0 amide bonds. The second-order valence-corrected chi connectivity index (χ2v) is 6.30. The summed E-state index contributed by atoms with van der Waals surface area (Å²) in [6.07, 6.45) is 1.37. The van der Waals surface area contributed by atoms with E-state index in [1.165, 1.54) is 35.9 Å². The molecule has 0 saturated heterocycles. The monoisotopic (exact) mass is 347 g/mol. The molecule has 24 heavy (non-hydrogen) atoms. The van der Waals surface area contributed by atoms with Crippen molar-refractivity contribution in [2.45, 2.75) is 23.7 Å². The third-order valence-electron chi connectivity index (χ3n) is 3.37. The van der Waals surface area contributed by atoms with E-state index in [-0.39, 0.29) is 18.3 Å². The van der Waals surface area contributed by atoms with Crippen molar-refractivity contribution in [3.8, 4) is 0 Å². The zero-order valence-corrected chi connectivity index (χ0v) is 13.8. The molecule has 0 aliphatic rings. The molecule has 7 nitrogen and oxygen atoms in total. The summed E-state index contributed by atoms with van der Waals surface area (Å²) in [6, 6.07) is 6.46. The average molecular weight is 347 g/mol. The summed E-state index contributed by atoms with van der Waals surface area (Å²) in [7, 11) is 1.33. The first-order chi connectivity index (χ1) is 11.6. The van der Waals surface area contributed by atoms with Crippen LogP contribution in [-0.4, -0.2) is 43.3 Å². The fourth-order valence-electron chi connectivity index (χ4n) is 2.13. The van der Waals surface area contributed by atoms with E-state index in [2.05, 4.69) is 20.3 Å². The number of benzene rings is 1. The van der Waals surface area contributed by atoms with Gasteiger partial charge in [0.05, 0.1) is 13.7 Å². The van der Waals surface area contributed by atoms with Gasteiger partial charge in [0.2, 0.25) is 0 Å². The predicted octanol–water partition coefficient (Wildman–Crippen LogP) is 2.06. The van der Waals surface area contributed by atoms with Gasteiger partial charge < -0.3 is 4.74 Å². The Morgan fingerprint density at radius 2 is 2.17 bits per heavy atom. The van der Waals surface area contributed by atoms with Crippen LogP contribution in [0.5, 0.6) is 0 Å². The molecule has 9 heteroatoms. The lowest BCUT2D eigenvalue weighted by molar-refractivity contribution is -0.139. The Bertz CT molecular complexity index is 885. The SMILES string of the molecule is COC(=O)[C@@H](C)Sc1ncnc2c1nnn2Cc1ccccc1F. The number of hydrogen-bond donors (Lipinski definition) is 0. The maximum atomic E-state index is 13.8. The van der Waals surface area contributed by atoms with Gasteiger partial charge in [-0.05, 0) is 13.0 Å². The van der Waals surface area contributed by atoms with Crippen molar-refractivity contribution in [3.63, 3.8) is 0 Å². The van der Waals surface area contributed by atoms with Gasteiger partial charge in [-0.2, -0.15) is 0 Å². The topological polar surface area (TPSA) is 82.8 Å².